The standard InChI is InChI=1S/C19H18BrN3O2/c1-12(22-23-19(25)15-5-2-6-16(20)10-15)14-4-3-7-17(11-14)21-18(24)13-8-9-13/h2-7,10-11,13H,8-9H2,1H3,(H,21,24)(H,23,25)/b22-12-. The van der Waals surface area contributed by atoms with E-state index in [2.05, 4.69) is 31.8 Å². The number of hydrazone groups is 1. The van der Waals surface area contributed by atoms with Gasteiger partial charge in [-0.05, 0) is 55.7 Å². The van der Waals surface area contributed by atoms with Crippen molar-refractivity contribution in [2.75, 3.05) is 5.32 Å². The number of carbonyl (C=O) groups is 2. The van der Waals surface area contributed by atoms with E-state index < -0.39 is 0 Å². The maximum absolute atomic E-state index is 12.1. The van der Waals surface area contributed by atoms with Crippen molar-refractivity contribution < 1.29 is 9.59 Å². The minimum Gasteiger partial charge on any atom is -0.326 e. The van der Waals surface area contributed by atoms with Crippen LogP contribution in [0.3, 0.4) is 0 Å². The lowest BCUT2D eigenvalue weighted by Gasteiger charge is -2.07. The lowest BCUT2D eigenvalue weighted by atomic mass is 10.1. The van der Waals surface area contributed by atoms with E-state index in [0.29, 0.717) is 11.3 Å². The molecule has 1 saturated carbocycles. The largest absolute Gasteiger partial charge is 0.326 e. The Labute approximate surface area is 154 Å². The molecular weight excluding hydrogens is 382 g/mol. The minimum absolute atomic E-state index is 0.0645. The quantitative estimate of drug-likeness (QED) is 0.590. The predicted octanol–water partition coefficient (Wildman–Crippen LogP) is 3.95. The van der Waals surface area contributed by atoms with Gasteiger partial charge in [0.1, 0.15) is 0 Å². The molecule has 1 aliphatic carbocycles. The van der Waals surface area contributed by atoms with E-state index >= 15 is 0 Å². The molecule has 0 saturated heterocycles. The topological polar surface area (TPSA) is 70.6 Å². The molecule has 0 aromatic heterocycles. The molecule has 0 aliphatic heterocycles. The Morgan fingerprint density at radius 2 is 1.80 bits per heavy atom. The fraction of sp³-hybridized carbons (Fsp3) is 0.211. The Hall–Kier alpha value is -2.47. The summed E-state index contributed by atoms with van der Waals surface area (Å²) in [7, 11) is 0. The molecule has 0 atom stereocenters. The number of anilines is 1. The molecule has 5 nitrogen and oxygen atoms in total. The highest BCUT2D eigenvalue weighted by Crippen LogP contribution is 2.30. The Kier molecular flexibility index (Phi) is 5.28. The van der Waals surface area contributed by atoms with Crippen LogP contribution in [0.4, 0.5) is 5.69 Å². The second kappa shape index (κ2) is 7.61. The third-order valence-electron chi connectivity index (χ3n) is 3.91. The zero-order chi connectivity index (χ0) is 17.8. The van der Waals surface area contributed by atoms with Gasteiger partial charge >= 0.3 is 0 Å². The number of hydrogen-bond acceptors (Lipinski definition) is 3. The summed E-state index contributed by atoms with van der Waals surface area (Å²) in [6.45, 7) is 1.81. The molecule has 6 heteroatoms. The first kappa shape index (κ1) is 17.4. The van der Waals surface area contributed by atoms with Gasteiger partial charge in [0.25, 0.3) is 5.91 Å². The Balaban J connectivity index is 1.67. The summed E-state index contributed by atoms with van der Waals surface area (Å²) in [5.74, 6) is -0.0588. The van der Waals surface area contributed by atoms with E-state index in [0.717, 1.165) is 28.6 Å². The van der Waals surface area contributed by atoms with Crippen molar-refractivity contribution in [3.05, 3.63) is 64.1 Å². The van der Waals surface area contributed by atoms with Crippen molar-refractivity contribution in [2.24, 2.45) is 11.0 Å². The predicted molar refractivity (Wildman–Crippen MR) is 102 cm³/mol. The molecule has 2 amide bonds. The van der Waals surface area contributed by atoms with Crippen molar-refractivity contribution in [1.82, 2.24) is 5.43 Å². The summed E-state index contributed by atoms with van der Waals surface area (Å²) in [4.78, 5) is 24.0. The maximum Gasteiger partial charge on any atom is 0.271 e. The first-order valence-electron chi connectivity index (χ1n) is 8.04. The van der Waals surface area contributed by atoms with E-state index in [4.69, 9.17) is 0 Å². The normalized spacial score (nSPS) is 14.1. The SMILES string of the molecule is C/C(=N/NC(=O)c1cccc(Br)c1)c1cccc(NC(=O)C2CC2)c1. The molecule has 0 bridgehead atoms. The Morgan fingerprint density at radius 1 is 1.08 bits per heavy atom. The van der Waals surface area contributed by atoms with Gasteiger partial charge in [-0.1, -0.05) is 34.1 Å². The molecular formula is C19H18BrN3O2. The van der Waals surface area contributed by atoms with Gasteiger partial charge in [0.15, 0.2) is 0 Å². The summed E-state index contributed by atoms with van der Waals surface area (Å²) in [6.07, 6.45) is 1.93. The number of hydrogen-bond donors (Lipinski definition) is 2. The van der Waals surface area contributed by atoms with Gasteiger partial charge in [0.05, 0.1) is 5.71 Å². The van der Waals surface area contributed by atoms with E-state index in [1.165, 1.54) is 0 Å². The van der Waals surface area contributed by atoms with E-state index in [1.54, 1.807) is 18.2 Å². The molecule has 0 spiro atoms. The molecule has 2 aromatic rings. The highest BCUT2D eigenvalue weighted by molar-refractivity contribution is 9.10. The smallest absolute Gasteiger partial charge is 0.271 e. The Bertz CT molecular complexity index is 844. The number of rotatable bonds is 5. The lowest BCUT2D eigenvalue weighted by Crippen LogP contribution is -2.19. The molecule has 2 aromatic carbocycles. The summed E-state index contributed by atoms with van der Waals surface area (Å²) >= 11 is 3.34. The maximum atomic E-state index is 12.1. The summed E-state index contributed by atoms with van der Waals surface area (Å²) in [6, 6.07) is 14.5. The first-order chi connectivity index (χ1) is 12.0. The van der Waals surface area contributed by atoms with Crippen molar-refractivity contribution in [2.45, 2.75) is 19.8 Å². The van der Waals surface area contributed by atoms with Crippen LogP contribution < -0.4 is 10.7 Å². The van der Waals surface area contributed by atoms with Crippen LogP contribution in [0.5, 0.6) is 0 Å². The van der Waals surface area contributed by atoms with Crippen LogP contribution in [-0.2, 0) is 4.79 Å². The first-order valence-corrected chi connectivity index (χ1v) is 8.84. The van der Waals surface area contributed by atoms with Crippen molar-refractivity contribution in [3.8, 4) is 0 Å². The number of nitrogens with one attached hydrogen (secondary N) is 2. The number of halogens is 1. The molecule has 0 radical (unpaired) electrons. The lowest BCUT2D eigenvalue weighted by molar-refractivity contribution is -0.117. The Morgan fingerprint density at radius 3 is 2.52 bits per heavy atom. The van der Waals surface area contributed by atoms with Crippen LogP contribution in [0.2, 0.25) is 0 Å². The van der Waals surface area contributed by atoms with Gasteiger partial charge in [-0.3, -0.25) is 9.59 Å². The molecule has 0 heterocycles. The third kappa shape index (κ3) is 4.76. The fourth-order valence-corrected chi connectivity index (χ4v) is 2.70. The molecule has 25 heavy (non-hydrogen) atoms. The van der Waals surface area contributed by atoms with Gasteiger partial charge < -0.3 is 5.32 Å². The highest BCUT2D eigenvalue weighted by Gasteiger charge is 2.29. The second-order valence-corrected chi connectivity index (χ2v) is 6.91. The third-order valence-corrected chi connectivity index (χ3v) is 4.40. The fourth-order valence-electron chi connectivity index (χ4n) is 2.31. The average Bonchev–Trinajstić information content (AvgIpc) is 3.44. The van der Waals surface area contributed by atoms with E-state index in [-0.39, 0.29) is 17.7 Å². The van der Waals surface area contributed by atoms with Crippen molar-refractivity contribution in [1.29, 1.82) is 0 Å². The van der Waals surface area contributed by atoms with Crippen molar-refractivity contribution >= 4 is 39.1 Å². The van der Waals surface area contributed by atoms with Gasteiger partial charge in [0.2, 0.25) is 5.91 Å². The molecule has 1 fully saturated rings. The zero-order valence-electron chi connectivity index (χ0n) is 13.8. The van der Waals surface area contributed by atoms with Crippen LogP contribution in [0.1, 0.15) is 35.7 Å². The molecule has 3 rings (SSSR count). The highest BCUT2D eigenvalue weighted by atomic mass is 79.9. The van der Waals surface area contributed by atoms with Crippen LogP contribution in [0.25, 0.3) is 0 Å². The molecule has 128 valence electrons. The van der Waals surface area contributed by atoms with E-state index in [1.807, 2.05) is 37.3 Å². The van der Waals surface area contributed by atoms with Gasteiger partial charge in [0, 0.05) is 21.6 Å². The number of nitrogens with zero attached hydrogens (tertiary/aromatic N) is 1. The van der Waals surface area contributed by atoms with Crippen LogP contribution in [0.15, 0.2) is 58.1 Å². The van der Waals surface area contributed by atoms with Crippen LogP contribution in [0, 0.1) is 5.92 Å². The second-order valence-electron chi connectivity index (χ2n) is 5.99. The minimum atomic E-state index is -0.279. The number of benzene rings is 2. The van der Waals surface area contributed by atoms with Gasteiger partial charge in [-0.2, -0.15) is 5.10 Å². The van der Waals surface area contributed by atoms with Crippen molar-refractivity contribution in [3.63, 3.8) is 0 Å². The number of amides is 2. The van der Waals surface area contributed by atoms with E-state index in [9.17, 15) is 9.59 Å². The summed E-state index contributed by atoms with van der Waals surface area (Å²) in [5, 5.41) is 7.07. The summed E-state index contributed by atoms with van der Waals surface area (Å²) < 4.78 is 0.833. The summed E-state index contributed by atoms with van der Waals surface area (Å²) in [5.41, 5.74) is 5.31. The number of carbonyl (C=O) groups excluding carboxylic acids is 2. The zero-order valence-corrected chi connectivity index (χ0v) is 15.3. The van der Waals surface area contributed by atoms with Crippen LogP contribution >= 0.6 is 15.9 Å². The average molecular weight is 400 g/mol. The molecule has 1 aliphatic rings. The molecule has 2 N–H and O–H groups in total. The monoisotopic (exact) mass is 399 g/mol. The van der Waals surface area contributed by atoms with Crippen LogP contribution in [-0.4, -0.2) is 17.5 Å². The van der Waals surface area contributed by atoms with Gasteiger partial charge in [-0.25, -0.2) is 5.43 Å². The van der Waals surface area contributed by atoms with Gasteiger partial charge in [-0.15, -0.1) is 0 Å². The molecule has 0 unspecified atom stereocenters.